The van der Waals surface area contributed by atoms with E-state index >= 15 is 0 Å². The zero-order valence-corrected chi connectivity index (χ0v) is 16.3. The highest BCUT2D eigenvalue weighted by Crippen LogP contribution is 2.49. The van der Waals surface area contributed by atoms with Gasteiger partial charge >= 0.3 is 0 Å². The molecule has 1 aromatic rings. The SMILES string of the molecule is CCC(=O)N1C[C@H](c2cn(C(C)C)cn2)[C@@]2(CCN(CCOC)C2=O)C1. The third-order valence-corrected chi connectivity index (χ3v) is 5.88. The Morgan fingerprint density at radius 1 is 1.46 bits per heavy atom. The van der Waals surface area contributed by atoms with Crippen molar-refractivity contribution in [1.82, 2.24) is 19.4 Å². The summed E-state index contributed by atoms with van der Waals surface area (Å²) in [5.41, 5.74) is 0.376. The van der Waals surface area contributed by atoms with E-state index in [1.807, 2.05) is 29.2 Å². The number of carbonyl (C=O) groups excluding carboxylic acids is 2. The minimum absolute atomic E-state index is 0.0435. The van der Waals surface area contributed by atoms with Crippen molar-refractivity contribution in [3.8, 4) is 0 Å². The van der Waals surface area contributed by atoms with Gasteiger partial charge in [0.25, 0.3) is 0 Å². The van der Waals surface area contributed by atoms with Gasteiger partial charge in [0.2, 0.25) is 11.8 Å². The highest BCUT2D eigenvalue weighted by atomic mass is 16.5. The fraction of sp³-hybridized carbons (Fsp3) is 0.737. The van der Waals surface area contributed by atoms with Crippen molar-refractivity contribution in [3.05, 3.63) is 18.2 Å². The maximum absolute atomic E-state index is 13.3. The molecule has 0 aliphatic carbocycles. The van der Waals surface area contributed by atoms with Crippen LogP contribution in [0.5, 0.6) is 0 Å². The summed E-state index contributed by atoms with van der Waals surface area (Å²) in [5.74, 6) is 0.210. The summed E-state index contributed by atoms with van der Waals surface area (Å²) in [6, 6.07) is 0.319. The molecule has 2 aliphatic rings. The lowest BCUT2D eigenvalue weighted by molar-refractivity contribution is -0.137. The second-order valence-electron chi connectivity index (χ2n) is 7.71. The Balaban J connectivity index is 1.91. The number of hydrogen-bond acceptors (Lipinski definition) is 4. The van der Waals surface area contributed by atoms with Crippen LogP contribution >= 0.6 is 0 Å². The van der Waals surface area contributed by atoms with Crippen LogP contribution in [0.3, 0.4) is 0 Å². The van der Waals surface area contributed by atoms with Crippen LogP contribution in [0.4, 0.5) is 0 Å². The van der Waals surface area contributed by atoms with Gasteiger partial charge in [-0.15, -0.1) is 0 Å². The second-order valence-corrected chi connectivity index (χ2v) is 7.71. The standard InChI is InChI=1S/C19H30N4O3/c1-5-17(24)22-10-15(16-11-23(13-20-16)14(2)3)19(12-22)6-7-21(18(19)25)8-9-26-4/h11,13-15H,5-10,12H2,1-4H3/t15-,19-/m1/s1. The largest absolute Gasteiger partial charge is 0.383 e. The Morgan fingerprint density at radius 2 is 2.23 bits per heavy atom. The third kappa shape index (κ3) is 3.13. The van der Waals surface area contributed by atoms with E-state index in [1.54, 1.807) is 7.11 Å². The molecule has 0 N–H and O–H groups in total. The van der Waals surface area contributed by atoms with Gasteiger partial charge in [-0.25, -0.2) is 4.98 Å². The van der Waals surface area contributed by atoms with Gasteiger partial charge in [-0.2, -0.15) is 0 Å². The average molecular weight is 362 g/mol. The Morgan fingerprint density at radius 3 is 2.85 bits per heavy atom. The molecule has 7 nitrogen and oxygen atoms in total. The first-order valence-electron chi connectivity index (χ1n) is 9.52. The van der Waals surface area contributed by atoms with Crippen molar-refractivity contribution in [1.29, 1.82) is 0 Å². The molecule has 2 atom stereocenters. The molecule has 0 aromatic carbocycles. The van der Waals surface area contributed by atoms with Crippen LogP contribution in [0, 0.1) is 5.41 Å². The monoisotopic (exact) mass is 362 g/mol. The van der Waals surface area contributed by atoms with Crippen LogP contribution in [-0.4, -0.2) is 71.1 Å². The van der Waals surface area contributed by atoms with Crippen LogP contribution in [0.2, 0.25) is 0 Å². The molecule has 144 valence electrons. The molecule has 2 amide bonds. The van der Waals surface area contributed by atoms with Gasteiger partial charge in [0, 0.05) is 57.9 Å². The third-order valence-electron chi connectivity index (χ3n) is 5.88. The molecule has 26 heavy (non-hydrogen) atoms. The first-order chi connectivity index (χ1) is 12.4. The molecule has 0 saturated carbocycles. The summed E-state index contributed by atoms with van der Waals surface area (Å²) in [6.45, 7) is 9.02. The number of hydrogen-bond donors (Lipinski definition) is 0. The molecule has 0 unspecified atom stereocenters. The van der Waals surface area contributed by atoms with E-state index < -0.39 is 5.41 Å². The lowest BCUT2D eigenvalue weighted by atomic mass is 9.75. The van der Waals surface area contributed by atoms with Crippen LogP contribution in [0.15, 0.2) is 12.5 Å². The predicted octanol–water partition coefficient (Wildman–Crippen LogP) is 1.66. The minimum atomic E-state index is -0.547. The molecule has 2 fully saturated rings. The Labute approximate surface area is 155 Å². The number of likely N-dealkylation sites (tertiary alicyclic amines) is 2. The molecule has 2 saturated heterocycles. The van der Waals surface area contributed by atoms with Crippen LogP contribution in [0.1, 0.15) is 51.3 Å². The number of aromatic nitrogens is 2. The molecule has 1 aromatic heterocycles. The second kappa shape index (κ2) is 7.39. The molecule has 3 rings (SSSR count). The zero-order chi connectivity index (χ0) is 18.9. The minimum Gasteiger partial charge on any atom is -0.383 e. The number of ether oxygens (including phenoxy) is 1. The van der Waals surface area contributed by atoms with Crippen molar-refractivity contribution in [2.75, 3.05) is 39.9 Å². The Bertz CT molecular complexity index is 671. The number of rotatable bonds is 6. The molecule has 0 radical (unpaired) electrons. The number of methoxy groups -OCH3 is 1. The first kappa shape index (κ1) is 18.9. The summed E-state index contributed by atoms with van der Waals surface area (Å²) >= 11 is 0. The quantitative estimate of drug-likeness (QED) is 0.772. The van der Waals surface area contributed by atoms with Gasteiger partial charge in [-0.3, -0.25) is 9.59 Å². The summed E-state index contributed by atoms with van der Waals surface area (Å²) in [4.78, 5) is 34.0. The topological polar surface area (TPSA) is 67.7 Å². The smallest absolute Gasteiger partial charge is 0.231 e. The van der Waals surface area contributed by atoms with E-state index in [9.17, 15) is 9.59 Å². The van der Waals surface area contributed by atoms with Gasteiger partial charge in [-0.05, 0) is 20.3 Å². The van der Waals surface area contributed by atoms with E-state index in [0.29, 0.717) is 38.7 Å². The first-order valence-corrected chi connectivity index (χ1v) is 9.52. The molecule has 3 heterocycles. The van der Waals surface area contributed by atoms with Crippen molar-refractivity contribution in [2.45, 2.75) is 45.6 Å². The Hall–Kier alpha value is -1.89. The highest BCUT2D eigenvalue weighted by molar-refractivity contribution is 5.88. The number of carbonyl (C=O) groups is 2. The lowest BCUT2D eigenvalue weighted by Crippen LogP contribution is -2.41. The number of nitrogens with zero attached hydrogens (tertiary/aromatic N) is 4. The van der Waals surface area contributed by atoms with Crippen molar-refractivity contribution in [3.63, 3.8) is 0 Å². The molecule has 7 heteroatoms. The summed E-state index contributed by atoms with van der Waals surface area (Å²) < 4.78 is 7.21. The fourth-order valence-corrected chi connectivity index (χ4v) is 4.26. The maximum Gasteiger partial charge on any atom is 0.231 e. The van der Waals surface area contributed by atoms with Crippen LogP contribution < -0.4 is 0 Å². The van der Waals surface area contributed by atoms with Gasteiger partial charge in [0.1, 0.15) is 0 Å². The summed E-state index contributed by atoms with van der Waals surface area (Å²) in [6.07, 6.45) is 5.11. The summed E-state index contributed by atoms with van der Waals surface area (Å²) in [5, 5.41) is 0. The maximum atomic E-state index is 13.3. The lowest BCUT2D eigenvalue weighted by Gasteiger charge is -2.27. The van der Waals surface area contributed by atoms with Crippen LogP contribution in [0.25, 0.3) is 0 Å². The van der Waals surface area contributed by atoms with Crippen molar-refractivity contribution in [2.24, 2.45) is 5.41 Å². The summed E-state index contributed by atoms with van der Waals surface area (Å²) in [7, 11) is 1.65. The predicted molar refractivity (Wildman–Crippen MR) is 97.7 cm³/mol. The molecular weight excluding hydrogens is 332 g/mol. The molecule has 0 bridgehead atoms. The highest BCUT2D eigenvalue weighted by Gasteiger charge is 2.58. The van der Waals surface area contributed by atoms with E-state index in [0.717, 1.165) is 18.7 Å². The van der Waals surface area contributed by atoms with E-state index in [4.69, 9.17) is 4.74 Å². The van der Waals surface area contributed by atoms with Crippen LogP contribution in [-0.2, 0) is 14.3 Å². The van der Waals surface area contributed by atoms with E-state index in [1.165, 1.54) is 0 Å². The van der Waals surface area contributed by atoms with Gasteiger partial charge in [0.05, 0.1) is 24.0 Å². The van der Waals surface area contributed by atoms with Gasteiger partial charge in [-0.1, -0.05) is 6.92 Å². The van der Waals surface area contributed by atoms with Gasteiger partial charge < -0.3 is 19.1 Å². The van der Waals surface area contributed by atoms with E-state index in [2.05, 4.69) is 23.4 Å². The fourth-order valence-electron chi connectivity index (χ4n) is 4.26. The normalized spacial score (nSPS) is 25.9. The van der Waals surface area contributed by atoms with Gasteiger partial charge in [0.15, 0.2) is 0 Å². The molecule has 1 spiro atoms. The number of amides is 2. The Kier molecular flexibility index (Phi) is 5.37. The van der Waals surface area contributed by atoms with Crippen molar-refractivity contribution >= 4 is 11.8 Å². The zero-order valence-electron chi connectivity index (χ0n) is 16.3. The average Bonchev–Trinajstić information content (AvgIpc) is 3.32. The molecule has 2 aliphatic heterocycles. The van der Waals surface area contributed by atoms with Crippen molar-refractivity contribution < 1.29 is 14.3 Å². The number of imidazole rings is 1. The van der Waals surface area contributed by atoms with E-state index in [-0.39, 0.29) is 17.7 Å². The molecular formula is C19H30N4O3.